The number of aromatic nitrogens is 3. The van der Waals surface area contributed by atoms with E-state index >= 15 is 0 Å². The lowest BCUT2D eigenvalue weighted by Gasteiger charge is -2.11. The molecule has 0 aliphatic heterocycles. The maximum atomic E-state index is 13.4. The molecule has 0 aliphatic carbocycles. The number of nitrogens with one attached hydrogen (secondary N) is 1. The summed E-state index contributed by atoms with van der Waals surface area (Å²) in [6, 6.07) is 29.3. The molecule has 5 nitrogen and oxygen atoms in total. The van der Waals surface area contributed by atoms with Crippen molar-refractivity contribution in [2.24, 2.45) is 0 Å². The zero-order chi connectivity index (χ0) is 22.1. The summed E-state index contributed by atoms with van der Waals surface area (Å²) < 4.78 is 1.72. The fraction of sp³-hybridized carbons (Fsp3) is 0.0741. The molecule has 32 heavy (non-hydrogen) atoms. The van der Waals surface area contributed by atoms with Crippen molar-refractivity contribution in [3.63, 3.8) is 0 Å². The zero-order valence-corrected chi connectivity index (χ0v) is 17.9. The highest BCUT2D eigenvalue weighted by Crippen LogP contribution is 2.28. The summed E-state index contributed by atoms with van der Waals surface area (Å²) in [5, 5.41) is 8.04. The third-order valence-corrected chi connectivity index (χ3v) is 5.44. The molecule has 0 amide bonds. The number of benzene rings is 3. The Kier molecular flexibility index (Phi) is 5.00. The summed E-state index contributed by atoms with van der Waals surface area (Å²) in [6.45, 7) is 3.92. The Balaban J connectivity index is 1.73. The highest BCUT2D eigenvalue weighted by Gasteiger charge is 2.22. The Morgan fingerprint density at radius 1 is 0.844 bits per heavy atom. The molecule has 0 saturated carbocycles. The van der Waals surface area contributed by atoms with Crippen LogP contribution in [0.1, 0.15) is 27.2 Å². The molecule has 0 fully saturated rings. The minimum Gasteiger partial charge on any atom is -0.324 e. The monoisotopic (exact) mass is 418 g/mol. The van der Waals surface area contributed by atoms with E-state index in [1.165, 1.54) is 5.56 Å². The number of hydrogen-bond donors (Lipinski definition) is 1. The second kappa shape index (κ2) is 8.12. The Labute approximate surface area is 186 Å². The van der Waals surface area contributed by atoms with Gasteiger partial charge < -0.3 is 5.32 Å². The lowest BCUT2D eigenvalue weighted by molar-refractivity contribution is 0.103. The molecule has 0 radical (unpaired) electrons. The van der Waals surface area contributed by atoms with Crippen molar-refractivity contribution in [3.05, 3.63) is 113 Å². The van der Waals surface area contributed by atoms with Gasteiger partial charge >= 0.3 is 0 Å². The molecule has 0 saturated heterocycles. The number of anilines is 2. The molecular weight excluding hydrogens is 396 g/mol. The number of hydrogen-bond acceptors (Lipinski definition) is 4. The molecule has 5 rings (SSSR count). The number of para-hydroxylation sites is 1. The molecule has 5 heteroatoms. The van der Waals surface area contributed by atoms with Crippen LogP contribution in [0.2, 0.25) is 0 Å². The molecule has 2 aromatic heterocycles. The van der Waals surface area contributed by atoms with Crippen LogP contribution in [0.25, 0.3) is 16.8 Å². The molecule has 3 aromatic carbocycles. The van der Waals surface area contributed by atoms with E-state index in [1.54, 1.807) is 4.52 Å². The lowest BCUT2D eigenvalue weighted by Crippen LogP contribution is -2.06. The first-order valence-corrected chi connectivity index (χ1v) is 10.5. The van der Waals surface area contributed by atoms with E-state index in [1.807, 2.05) is 85.8 Å². The van der Waals surface area contributed by atoms with E-state index in [2.05, 4.69) is 29.5 Å². The molecule has 0 aliphatic rings. The first-order chi connectivity index (χ1) is 15.6. The van der Waals surface area contributed by atoms with Gasteiger partial charge in [-0.25, -0.2) is 4.98 Å². The topological polar surface area (TPSA) is 59.3 Å². The van der Waals surface area contributed by atoms with Crippen LogP contribution >= 0.6 is 0 Å². The predicted octanol–water partition coefficient (Wildman–Crippen LogP) is 5.99. The molecule has 1 N–H and O–H groups in total. The maximum Gasteiger partial charge on any atom is 0.229 e. The first-order valence-electron chi connectivity index (χ1n) is 10.5. The Bertz CT molecular complexity index is 1410. The predicted molar refractivity (Wildman–Crippen MR) is 127 cm³/mol. The Morgan fingerprint density at radius 2 is 1.50 bits per heavy atom. The third kappa shape index (κ3) is 3.65. The number of carbonyl (C=O) groups is 1. The van der Waals surface area contributed by atoms with Crippen LogP contribution in [0, 0.1) is 13.8 Å². The number of carbonyl (C=O) groups excluding carboxylic acids is 1. The molecule has 2 heterocycles. The van der Waals surface area contributed by atoms with Crippen molar-refractivity contribution in [3.8, 4) is 11.3 Å². The van der Waals surface area contributed by atoms with Gasteiger partial charge in [0.2, 0.25) is 5.95 Å². The van der Waals surface area contributed by atoms with Gasteiger partial charge in [-0.15, -0.1) is 0 Å². The zero-order valence-electron chi connectivity index (χ0n) is 17.9. The highest BCUT2D eigenvalue weighted by molar-refractivity contribution is 6.14. The fourth-order valence-corrected chi connectivity index (χ4v) is 3.78. The van der Waals surface area contributed by atoms with E-state index in [4.69, 9.17) is 4.98 Å². The third-order valence-electron chi connectivity index (χ3n) is 5.44. The van der Waals surface area contributed by atoms with Crippen molar-refractivity contribution in [1.29, 1.82) is 0 Å². The van der Waals surface area contributed by atoms with Gasteiger partial charge in [0.25, 0.3) is 0 Å². The Morgan fingerprint density at radius 3 is 2.19 bits per heavy atom. The van der Waals surface area contributed by atoms with Gasteiger partial charge in [0.05, 0.1) is 22.5 Å². The number of fused-ring (bicyclic) bond motifs is 1. The average molecular weight is 419 g/mol. The van der Waals surface area contributed by atoms with E-state index < -0.39 is 0 Å². The quantitative estimate of drug-likeness (QED) is 0.356. The summed E-state index contributed by atoms with van der Waals surface area (Å²) in [6.07, 6.45) is 0. The second-order valence-corrected chi connectivity index (χ2v) is 7.77. The normalized spacial score (nSPS) is 10.9. The van der Waals surface area contributed by atoms with E-state index in [0.717, 1.165) is 22.5 Å². The van der Waals surface area contributed by atoms with E-state index in [0.29, 0.717) is 22.8 Å². The van der Waals surface area contributed by atoms with Crippen molar-refractivity contribution in [1.82, 2.24) is 14.6 Å². The SMILES string of the molecule is Cc1ccc(-c2cc3c(C(=O)c4ccccc4)c(C)nn3c(Nc3ccccc3)n2)cc1. The van der Waals surface area contributed by atoms with Gasteiger partial charge in [-0.2, -0.15) is 9.61 Å². The summed E-state index contributed by atoms with van der Waals surface area (Å²) in [4.78, 5) is 18.3. The highest BCUT2D eigenvalue weighted by atomic mass is 16.1. The summed E-state index contributed by atoms with van der Waals surface area (Å²) in [5.41, 5.74) is 6.44. The van der Waals surface area contributed by atoms with Crippen LogP contribution < -0.4 is 5.32 Å². The smallest absolute Gasteiger partial charge is 0.229 e. The molecule has 5 aromatic rings. The fourth-order valence-electron chi connectivity index (χ4n) is 3.78. The summed E-state index contributed by atoms with van der Waals surface area (Å²) >= 11 is 0. The van der Waals surface area contributed by atoms with Crippen LogP contribution in [0.4, 0.5) is 11.6 Å². The number of aryl methyl sites for hydroxylation is 2. The van der Waals surface area contributed by atoms with Crippen molar-refractivity contribution < 1.29 is 4.79 Å². The molecule has 0 spiro atoms. The van der Waals surface area contributed by atoms with Crippen LogP contribution in [0.5, 0.6) is 0 Å². The molecule has 156 valence electrons. The van der Waals surface area contributed by atoms with Gasteiger partial charge in [-0.05, 0) is 32.0 Å². The number of nitrogens with zero attached hydrogens (tertiary/aromatic N) is 3. The molecule has 0 unspecified atom stereocenters. The average Bonchev–Trinajstić information content (AvgIpc) is 3.16. The summed E-state index contributed by atoms with van der Waals surface area (Å²) in [5.74, 6) is 0.504. The molecular formula is C27H22N4O. The van der Waals surface area contributed by atoms with Gasteiger partial charge in [0, 0.05) is 16.8 Å². The lowest BCUT2D eigenvalue weighted by atomic mass is 10.0. The first kappa shape index (κ1) is 19.7. The number of rotatable bonds is 5. The standard InChI is InChI=1S/C27H22N4O/c1-18-13-15-20(16-14-18)23-17-24-25(26(32)21-9-5-3-6-10-21)19(2)30-31(24)27(29-23)28-22-11-7-4-8-12-22/h3-17H,1-2H3,(H,28,29). The van der Waals surface area contributed by atoms with E-state index in [9.17, 15) is 4.79 Å². The van der Waals surface area contributed by atoms with Crippen LogP contribution in [0.3, 0.4) is 0 Å². The van der Waals surface area contributed by atoms with Crippen LogP contribution in [0.15, 0.2) is 91.0 Å². The van der Waals surface area contributed by atoms with Gasteiger partial charge in [0.1, 0.15) is 0 Å². The largest absolute Gasteiger partial charge is 0.324 e. The molecule has 0 bridgehead atoms. The summed E-state index contributed by atoms with van der Waals surface area (Å²) in [7, 11) is 0. The van der Waals surface area contributed by atoms with Gasteiger partial charge in [-0.3, -0.25) is 4.79 Å². The van der Waals surface area contributed by atoms with Crippen LogP contribution in [-0.4, -0.2) is 20.4 Å². The van der Waals surface area contributed by atoms with Gasteiger partial charge in [-0.1, -0.05) is 78.4 Å². The van der Waals surface area contributed by atoms with Crippen molar-refractivity contribution >= 4 is 22.9 Å². The van der Waals surface area contributed by atoms with Crippen LogP contribution in [-0.2, 0) is 0 Å². The van der Waals surface area contributed by atoms with Crippen molar-refractivity contribution in [2.75, 3.05) is 5.32 Å². The van der Waals surface area contributed by atoms with Gasteiger partial charge in [0.15, 0.2) is 5.78 Å². The number of ketones is 1. The minimum atomic E-state index is -0.0511. The second-order valence-electron chi connectivity index (χ2n) is 7.77. The van der Waals surface area contributed by atoms with E-state index in [-0.39, 0.29) is 5.78 Å². The minimum absolute atomic E-state index is 0.0511. The maximum absolute atomic E-state index is 13.4. The van der Waals surface area contributed by atoms with Crippen molar-refractivity contribution in [2.45, 2.75) is 13.8 Å². The molecule has 0 atom stereocenters. The Hall–Kier alpha value is -4.25.